The summed E-state index contributed by atoms with van der Waals surface area (Å²) in [7, 11) is -2.74. The first-order valence-corrected chi connectivity index (χ1v) is 18.3. The number of hydrogen-bond acceptors (Lipinski definition) is 3. The van der Waals surface area contributed by atoms with Gasteiger partial charge in [0.1, 0.15) is 5.75 Å². The van der Waals surface area contributed by atoms with Crippen LogP contribution in [-0.4, -0.2) is 34.7 Å². The zero-order chi connectivity index (χ0) is 25.0. The Morgan fingerprint density at radius 2 is 1.70 bits per heavy atom. The molecule has 2 fully saturated rings. The van der Waals surface area contributed by atoms with E-state index in [1.807, 2.05) is 0 Å². The Bertz CT molecular complexity index is 837. The van der Waals surface area contributed by atoms with Crippen molar-refractivity contribution in [2.75, 3.05) is 0 Å². The van der Waals surface area contributed by atoms with Crippen LogP contribution in [0.15, 0.2) is 18.2 Å². The SMILES string of the molecule is C[Si](C)Oc1cc(C(C)(C)C)ccc1[C@@H]1C[C@@H]2CC[C@H](O[Si](C)(C)C(C)(C)C)[C@@]2(C)C[C@H]1O. The fraction of sp³-hybridized carbons (Fsp3) is 0.786. The predicted molar refractivity (Wildman–Crippen MR) is 144 cm³/mol. The fourth-order valence-corrected chi connectivity index (χ4v) is 7.76. The van der Waals surface area contributed by atoms with E-state index < -0.39 is 17.4 Å². The van der Waals surface area contributed by atoms with Crippen LogP contribution in [0, 0.1) is 11.3 Å². The average Bonchev–Trinajstić information content (AvgIpc) is 2.93. The summed E-state index contributed by atoms with van der Waals surface area (Å²) in [4.78, 5) is 0. The monoisotopic (exact) mass is 489 g/mol. The quantitative estimate of drug-likeness (QED) is 0.431. The van der Waals surface area contributed by atoms with E-state index in [4.69, 9.17) is 8.85 Å². The van der Waals surface area contributed by atoms with E-state index in [1.54, 1.807) is 0 Å². The van der Waals surface area contributed by atoms with Gasteiger partial charge < -0.3 is 14.0 Å². The van der Waals surface area contributed by atoms with Crippen molar-refractivity contribution >= 4 is 17.4 Å². The van der Waals surface area contributed by atoms with Gasteiger partial charge >= 0.3 is 0 Å². The van der Waals surface area contributed by atoms with Crippen LogP contribution in [0.2, 0.25) is 31.2 Å². The van der Waals surface area contributed by atoms with E-state index >= 15 is 0 Å². The Morgan fingerprint density at radius 3 is 2.24 bits per heavy atom. The molecule has 1 N–H and O–H groups in total. The molecular formula is C28H49O3Si2. The maximum absolute atomic E-state index is 11.5. The molecule has 1 radical (unpaired) electrons. The molecule has 3 nitrogen and oxygen atoms in total. The Kier molecular flexibility index (Phi) is 7.44. The van der Waals surface area contributed by atoms with Crippen molar-refractivity contribution in [1.29, 1.82) is 0 Å². The van der Waals surface area contributed by atoms with Crippen LogP contribution in [0.25, 0.3) is 0 Å². The maximum atomic E-state index is 11.5. The molecule has 2 saturated carbocycles. The van der Waals surface area contributed by atoms with Gasteiger partial charge in [-0.25, -0.2) is 0 Å². The van der Waals surface area contributed by atoms with Crippen LogP contribution in [0.5, 0.6) is 5.75 Å². The second-order valence-electron chi connectivity index (χ2n) is 13.8. The first kappa shape index (κ1) is 27.0. The second-order valence-corrected chi connectivity index (χ2v) is 20.6. The maximum Gasteiger partial charge on any atom is 0.274 e. The molecule has 33 heavy (non-hydrogen) atoms. The lowest BCUT2D eigenvalue weighted by Gasteiger charge is -2.49. The lowest BCUT2D eigenvalue weighted by atomic mass is 9.62. The summed E-state index contributed by atoms with van der Waals surface area (Å²) in [5.74, 6) is 1.73. The summed E-state index contributed by atoms with van der Waals surface area (Å²) in [6.07, 6.45) is 4.07. The summed E-state index contributed by atoms with van der Waals surface area (Å²) in [5.41, 5.74) is 2.64. The van der Waals surface area contributed by atoms with Crippen molar-refractivity contribution in [3.63, 3.8) is 0 Å². The van der Waals surface area contributed by atoms with Gasteiger partial charge in [-0.3, -0.25) is 0 Å². The molecule has 0 spiro atoms. The van der Waals surface area contributed by atoms with Gasteiger partial charge in [0.05, 0.1) is 12.2 Å². The summed E-state index contributed by atoms with van der Waals surface area (Å²) in [6.45, 7) is 25.2. The topological polar surface area (TPSA) is 38.7 Å². The highest BCUT2D eigenvalue weighted by Crippen LogP contribution is 2.58. The van der Waals surface area contributed by atoms with E-state index in [0.29, 0.717) is 5.92 Å². The van der Waals surface area contributed by atoms with Crippen LogP contribution in [0.3, 0.4) is 0 Å². The Labute approximate surface area is 206 Å². The van der Waals surface area contributed by atoms with Crippen molar-refractivity contribution in [3.8, 4) is 5.75 Å². The zero-order valence-corrected chi connectivity index (χ0v) is 25.1. The van der Waals surface area contributed by atoms with Crippen molar-refractivity contribution in [2.45, 2.75) is 129 Å². The van der Waals surface area contributed by atoms with Crippen LogP contribution in [0.1, 0.15) is 91.2 Å². The molecule has 0 bridgehead atoms. The predicted octanol–water partition coefficient (Wildman–Crippen LogP) is 7.66. The van der Waals surface area contributed by atoms with Crippen molar-refractivity contribution in [2.24, 2.45) is 11.3 Å². The molecule has 3 rings (SSSR count). The molecule has 187 valence electrons. The Morgan fingerprint density at radius 1 is 1.06 bits per heavy atom. The van der Waals surface area contributed by atoms with Gasteiger partial charge in [0, 0.05) is 5.92 Å². The highest BCUT2D eigenvalue weighted by molar-refractivity contribution is 6.74. The summed E-state index contributed by atoms with van der Waals surface area (Å²) < 4.78 is 13.4. The number of benzene rings is 1. The highest BCUT2D eigenvalue weighted by Gasteiger charge is 2.55. The third-order valence-corrected chi connectivity index (χ3v) is 14.0. The van der Waals surface area contributed by atoms with E-state index in [9.17, 15) is 5.11 Å². The molecule has 0 heterocycles. The lowest BCUT2D eigenvalue weighted by Crippen LogP contribution is -2.50. The van der Waals surface area contributed by atoms with Crippen molar-refractivity contribution in [1.82, 2.24) is 0 Å². The van der Waals surface area contributed by atoms with Gasteiger partial charge in [-0.15, -0.1) is 0 Å². The number of aliphatic hydroxyl groups excluding tert-OH is 1. The number of fused-ring (bicyclic) bond motifs is 1. The van der Waals surface area contributed by atoms with Gasteiger partial charge in [-0.2, -0.15) is 0 Å². The molecule has 0 aromatic heterocycles. The smallest absolute Gasteiger partial charge is 0.274 e. The summed E-state index contributed by atoms with van der Waals surface area (Å²) in [6, 6.07) is 6.74. The standard InChI is InChI=1S/C28H49O3Si2/c1-26(2,3)19-12-14-21(24(17-19)30-32(8)9)22-16-20-13-15-25(28(20,7)18-23(22)29)31-33(10,11)27(4,5)6/h12,14,17,20,22-23,25,29H,13,15-16,18H2,1-11H3/t20-,22-,23+,25-,28-/m0/s1. The second kappa shape index (κ2) is 9.11. The first-order chi connectivity index (χ1) is 15.0. The third kappa shape index (κ3) is 5.47. The van der Waals surface area contributed by atoms with Gasteiger partial charge in [-0.05, 0) is 90.9 Å². The Hall–Kier alpha value is -0.626. The highest BCUT2D eigenvalue weighted by atomic mass is 28.4. The largest absolute Gasteiger partial charge is 0.542 e. The third-order valence-electron chi connectivity index (χ3n) is 8.93. The molecule has 1 aromatic rings. The molecule has 0 saturated heterocycles. The average molecular weight is 490 g/mol. The lowest BCUT2D eigenvalue weighted by molar-refractivity contribution is -0.0420. The number of rotatable bonds is 5. The van der Waals surface area contributed by atoms with Crippen LogP contribution < -0.4 is 4.43 Å². The normalized spacial score (nSPS) is 31.1. The number of hydrogen-bond donors (Lipinski definition) is 1. The van der Waals surface area contributed by atoms with E-state index in [-0.39, 0.29) is 34.0 Å². The van der Waals surface area contributed by atoms with E-state index in [0.717, 1.165) is 25.0 Å². The number of aliphatic hydroxyl groups is 1. The van der Waals surface area contributed by atoms with Gasteiger partial charge in [0.2, 0.25) is 0 Å². The molecule has 1 aromatic carbocycles. The van der Waals surface area contributed by atoms with Crippen LogP contribution in [0.4, 0.5) is 0 Å². The van der Waals surface area contributed by atoms with Crippen LogP contribution >= 0.6 is 0 Å². The molecule has 2 aliphatic carbocycles. The van der Waals surface area contributed by atoms with Gasteiger partial charge in [0.15, 0.2) is 8.32 Å². The van der Waals surface area contributed by atoms with E-state index in [2.05, 4.69) is 92.9 Å². The zero-order valence-electron chi connectivity index (χ0n) is 23.1. The van der Waals surface area contributed by atoms with Crippen molar-refractivity contribution < 1.29 is 14.0 Å². The molecule has 0 aliphatic heterocycles. The minimum Gasteiger partial charge on any atom is -0.542 e. The molecule has 5 heteroatoms. The fourth-order valence-electron chi connectivity index (χ4n) is 5.69. The minimum absolute atomic E-state index is 0.0578. The summed E-state index contributed by atoms with van der Waals surface area (Å²) >= 11 is 0. The van der Waals surface area contributed by atoms with Crippen LogP contribution in [-0.2, 0) is 9.84 Å². The van der Waals surface area contributed by atoms with Crippen molar-refractivity contribution in [3.05, 3.63) is 29.3 Å². The molecule has 2 aliphatic rings. The molecule has 0 unspecified atom stereocenters. The summed E-state index contributed by atoms with van der Waals surface area (Å²) in [5, 5.41) is 11.7. The van der Waals surface area contributed by atoms with Gasteiger partial charge in [-0.1, -0.05) is 60.6 Å². The molecule has 0 amide bonds. The van der Waals surface area contributed by atoms with E-state index in [1.165, 1.54) is 17.5 Å². The molecular weight excluding hydrogens is 440 g/mol. The van der Waals surface area contributed by atoms with Gasteiger partial charge in [0.25, 0.3) is 9.04 Å². The first-order valence-electron chi connectivity index (χ1n) is 12.9. The molecule has 5 atom stereocenters. The Balaban J connectivity index is 1.88. The minimum atomic E-state index is -1.85.